The van der Waals surface area contributed by atoms with Gasteiger partial charge in [0.15, 0.2) is 5.96 Å². The van der Waals surface area contributed by atoms with E-state index < -0.39 is 60.2 Å². The summed E-state index contributed by atoms with van der Waals surface area (Å²) in [5.41, 5.74) is 18.1. The van der Waals surface area contributed by atoms with Gasteiger partial charge in [-0.3, -0.25) is 24.2 Å². The highest BCUT2D eigenvalue weighted by Crippen LogP contribution is 2.07. The van der Waals surface area contributed by atoms with E-state index in [1.807, 2.05) is 30.3 Å². The van der Waals surface area contributed by atoms with Crippen LogP contribution in [0.3, 0.4) is 0 Å². The Bertz CT molecular complexity index is 1220. The summed E-state index contributed by atoms with van der Waals surface area (Å²) in [6.45, 7) is 0.117. The molecular formula is C26H37N9O7. The van der Waals surface area contributed by atoms with Crippen LogP contribution in [0.4, 0.5) is 0 Å². The number of benzene rings is 1. The molecule has 4 atom stereocenters. The van der Waals surface area contributed by atoms with Crippen molar-refractivity contribution in [1.82, 2.24) is 25.9 Å². The van der Waals surface area contributed by atoms with E-state index in [4.69, 9.17) is 22.3 Å². The number of amides is 3. The Balaban J connectivity index is 2.20. The maximum atomic E-state index is 13.4. The Hall–Kier alpha value is -4.99. The molecule has 12 N–H and O–H groups in total. The van der Waals surface area contributed by atoms with Crippen molar-refractivity contribution in [3.63, 3.8) is 0 Å². The van der Waals surface area contributed by atoms with Crippen LogP contribution in [0, 0.1) is 0 Å². The average molecular weight is 588 g/mol. The second-order valence-electron chi connectivity index (χ2n) is 9.48. The fourth-order valence-electron chi connectivity index (χ4n) is 3.91. The van der Waals surface area contributed by atoms with Crippen LogP contribution in [0.2, 0.25) is 0 Å². The first-order valence-corrected chi connectivity index (χ1v) is 13.1. The Morgan fingerprint density at radius 3 is 2.12 bits per heavy atom. The van der Waals surface area contributed by atoms with Crippen LogP contribution in [0.1, 0.15) is 36.9 Å². The number of aliphatic carboxylic acids is 2. The van der Waals surface area contributed by atoms with Gasteiger partial charge in [0.2, 0.25) is 17.7 Å². The fourth-order valence-corrected chi connectivity index (χ4v) is 3.91. The minimum atomic E-state index is -1.51. The first kappa shape index (κ1) is 33.2. The molecule has 16 nitrogen and oxygen atoms in total. The maximum Gasteiger partial charge on any atom is 0.326 e. The number of rotatable bonds is 18. The van der Waals surface area contributed by atoms with Crippen molar-refractivity contribution >= 4 is 35.6 Å². The Kier molecular flexibility index (Phi) is 13.4. The molecular weight excluding hydrogens is 550 g/mol. The van der Waals surface area contributed by atoms with E-state index in [0.717, 1.165) is 5.56 Å². The molecule has 3 amide bonds. The second-order valence-corrected chi connectivity index (χ2v) is 9.48. The molecule has 2 rings (SSSR count). The minimum absolute atomic E-state index is 0.00212. The van der Waals surface area contributed by atoms with Gasteiger partial charge in [-0.1, -0.05) is 30.3 Å². The van der Waals surface area contributed by atoms with Crippen LogP contribution >= 0.6 is 0 Å². The maximum absolute atomic E-state index is 13.4. The number of guanidine groups is 1. The lowest BCUT2D eigenvalue weighted by Crippen LogP contribution is -2.57. The first-order valence-electron chi connectivity index (χ1n) is 13.1. The van der Waals surface area contributed by atoms with Gasteiger partial charge >= 0.3 is 11.9 Å². The summed E-state index contributed by atoms with van der Waals surface area (Å²) in [4.78, 5) is 72.6. The molecule has 0 spiro atoms. The second kappa shape index (κ2) is 17.0. The summed E-state index contributed by atoms with van der Waals surface area (Å²) in [7, 11) is 0. The van der Waals surface area contributed by atoms with Crippen LogP contribution in [0.5, 0.6) is 0 Å². The van der Waals surface area contributed by atoms with E-state index in [-0.39, 0.29) is 44.6 Å². The Morgan fingerprint density at radius 1 is 0.881 bits per heavy atom. The Labute approximate surface area is 241 Å². The van der Waals surface area contributed by atoms with Gasteiger partial charge in [-0.25, -0.2) is 9.78 Å². The van der Waals surface area contributed by atoms with Crippen LogP contribution in [-0.2, 0) is 36.8 Å². The summed E-state index contributed by atoms with van der Waals surface area (Å²) < 4.78 is 0. The van der Waals surface area contributed by atoms with E-state index >= 15 is 0 Å². The fraction of sp³-hybridized carbons (Fsp3) is 0.423. The number of nitrogens with one attached hydrogen (secondary N) is 4. The van der Waals surface area contributed by atoms with Gasteiger partial charge in [-0.15, -0.1) is 0 Å². The molecule has 0 fully saturated rings. The topological polar surface area (TPSA) is 281 Å². The van der Waals surface area contributed by atoms with Gasteiger partial charge in [0, 0.05) is 31.3 Å². The van der Waals surface area contributed by atoms with Crippen molar-refractivity contribution in [3.05, 3.63) is 54.1 Å². The monoisotopic (exact) mass is 587 g/mol. The van der Waals surface area contributed by atoms with Gasteiger partial charge in [0.25, 0.3) is 0 Å². The quantitative estimate of drug-likeness (QED) is 0.0521. The highest BCUT2D eigenvalue weighted by Gasteiger charge is 2.31. The zero-order valence-corrected chi connectivity index (χ0v) is 22.9. The highest BCUT2D eigenvalue weighted by molar-refractivity contribution is 5.94. The van der Waals surface area contributed by atoms with Crippen molar-refractivity contribution < 1.29 is 34.2 Å². The zero-order chi connectivity index (χ0) is 31.1. The predicted octanol–water partition coefficient (Wildman–Crippen LogP) is -2.02. The van der Waals surface area contributed by atoms with Crippen molar-refractivity contribution in [2.75, 3.05) is 6.54 Å². The number of aliphatic imine (C=N–C) groups is 1. The summed E-state index contributed by atoms with van der Waals surface area (Å²) in [6.07, 6.45) is 2.41. The van der Waals surface area contributed by atoms with Gasteiger partial charge in [0.05, 0.1) is 12.4 Å². The normalized spacial score (nSPS) is 13.5. The molecule has 42 heavy (non-hydrogen) atoms. The molecule has 0 bridgehead atoms. The standard InChI is InChI=1S/C26H37N9O7/c27-17(11-15-5-2-1-3-6-15)22(38)35-20(12-16-13-30-14-32-16)24(40)33-18(7-4-10-31-26(28)29)23(39)34-19(25(41)42)8-9-21(36)37/h1-3,5-6,13-14,17-20H,4,7-12,27H2,(H,30,32)(H,33,40)(H,34,39)(H,35,38)(H,36,37)(H,41,42)(H4,28,29,31). The van der Waals surface area contributed by atoms with Crippen LogP contribution in [0.25, 0.3) is 0 Å². The SMILES string of the molecule is NC(N)=NCCCC(NC(=O)C(Cc1cnc[nH]1)NC(=O)C(N)Cc1ccccc1)C(=O)NC(CCC(=O)O)C(=O)O. The number of H-pyrrole nitrogens is 1. The van der Waals surface area contributed by atoms with Crippen molar-refractivity contribution in [2.24, 2.45) is 22.2 Å². The molecule has 1 heterocycles. The molecule has 16 heteroatoms. The van der Waals surface area contributed by atoms with Crippen LogP contribution < -0.4 is 33.2 Å². The largest absolute Gasteiger partial charge is 0.481 e. The lowest BCUT2D eigenvalue weighted by Gasteiger charge is -2.25. The van der Waals surface area contributed by atoms with Gasteiger partial charge in [-0.2, -0.15) is 0 Å². The van der Waals surface area contributed by atoms with E-state index in [1.54, 1.807) is 0 Å². The number of aromatic nitrogens is 2. The number of hydrogen-bond acceptors (Lipinski definition) is 8. The van der Waals surface area contributed by atoms with Crippen molar-refractivity contribution in [1.29, 1.82) is 0 Å². The number of carbonyl (C=O) groups is 5. The molecule has 0 saturated heterocycles. The number of nitrogens with two attached hydrogens (primary N) is 3. The molecule has 4 unspecified atom stereocenters. The van der Waals surface area contributed by atoms with E-state index in [2.05, 4.69) is 30.9 Å². The summed E-state index contributed by atoms with van der Waals surface area (Å²) in [5.74, 6) is -5.06. The number of nitrogens with zero attached hydrogens (tertiary/aromatic N) is 2. The third-order valence-corrected chi connectivity index (χ3v) is 6.09. The number of carbonyl (C=O) groups excluding carboxylic acids is 3. The van der Waals surface area contributed by atoms with Gasteiger partial charge in [-0.05, 0) is 31.2 Å². The number of aromatic amines is 1. The van der Waals surface area contributed by atoms with Crippen molar-refractivity contribution in [2.45, 2.75) is 62.7 Å². The number of hydrogen-bond donors (Lipinski definition) is 9. The summed E-state index contributed by atoms with van der Waals surface area (Å²) in [6, 6.07) is 4.13. The molecule has 2 aromatic rings. The molecule has 0 saturated carbocycles. The smallest absolute Gasteiger partial charge is 0.326 e. The molecule has 0 radical (unpaired) electrons. The lowest BCUT2D eigenvalue weighted by atomic mass is 10.0. The lowest BCUT2D eigenvalue weighted by molar-refractivity contribution is -0.143. The molecule has 1 aromatic carbocycles. The third-order valence-electron chi connectivity index (χ3n) is 6.09. The molecule has 1 aromatic heterocycles. The van der Waals surface area contributed by atoms with Crippen molar-refractivity contribution in [3.8, 4) is 0 Å². The first-order chi connectivity index (χ1) is 20.0. The predicted molar refractivity (Wildman–Crippen MR) is 151 cm³/mol. The number of carboxylic acids is 2. The third kappa shape index (κ3) is 12.0. The molecule has 0 aliphatic heterocycles. The van der Waals surface area contributed by atoms with Gasteiger partial charge < -0.3 is 48.3 Å². The van der Waals surface area contributed by atoms with E-state index in [9.17, 15) is 29.1 Å². The van der Waals surface area contributed by atoms with Crippen LogP contribution in [0.15, 0.2) is 47.8 Å². The zero-order valence-electron chi connectivity index (χ0n) is 22.9. The molecule has 0 aliphatic carbocycles. The van der Waals surface area contributed by atoms with Gasteiger partial charge in [0.1, 0.15) is 18.1 Å². The summed E-state index contributed by atoms with van der Waals surface area (Å²) in [5, 5.41) is 25.8. The summed E-state index contributed by atoms with van der Waals surface area (Å²) >= 11 is 0. The van der Waals surface area contributed by atoms with Crippen LogP contribution in [-0.4, -0.2) is 86.5 Å². The van der Waals surface area contributed by atoms with E-state index in [1.165, 1.54) is 12.5 Å². The number of imidazole rings is 1. The molecule has 0 aliphatic rings. The average Bonchev–Trinajstić information content (AvgIpc) is 3.45. The Morgan fingerprint density at radius 2 is 1.52 bits per heavy atom. The minimum Gasteiger partial charge on any atom is -0.481 e. The number of carboxylic acid groups (broad SMARTS) is 2. The van der Waals surface area contributed by atoms with E-state index in [0.29, 0.717) is 5.69 Å². The molecule has 228 valence electrons. The highest BCUT2D eigenvalue weighted by atomic mass is 16.4.